The topological polar surface area (TPSA) is 108 Å². The van der Waals surface area contributed by atoms with Crippen LogP contribution in [0.25, 0.3) is 0 Å². The molecule has 0 aliphatic carbocycles. The number of nitrogens with zero attached hydrogens (tertiary/aromatic N) is 3. The van der Waals surface area contributed by atoms with Crippen LogP contribution in [0.2, 0.25) is 0 Å². The van der Waals surface area contributed by atoms with Crippen LogP contribution >= 0.6 is 0 Å². The average molecular weight is 356 g/mol. The molecule has 2 rings (SSSR count). The van der Waals surface area contributed by atoms with Gasteiger partial charge < -0.3 is 10.0 Å². The van der Waals surface area contributed by atoms with E-state index in [4.69, 9.17) is 0 Å². The van der Waals surface area contributed by atoms with Gasteiger partial charge in [-0.2, -0.15) is 5.10 Å². The van der Waals surface area contributed by atoms with Gasteiger partial charge in [-0.3, -0.25) is 14.9 Å². The summed E-state index contributed by atoms with van der Waals surface area (Å²) < 4.78 is 0. The molecule has 8 heteroatoms. The van der Waals surface area contributed by atoms with E-state index in [1.165, 1.54) is 6.21 Å². The van der Waals surface area contributed by atoms with Gasteiger partial charge in [-0.1, -0.05) is 12.1 Å². The number of nitrogens with one attached hydrogen (secondary N) is 1. The average Bonchev–Trinajstić information content (AvgIpc) is 2.64. The Morgan fingerprint density at radius 3 is 2.46 bits per heavy atom. The number of phenols is 1. The standard InChI is InChI=1S/C18H20N4O4/c1-3-21(4-2)14-7-5-13(6-8-14)12-19-20-18(24)16-11-15(22(25)26)9-10-17(16)23/h5-12,23H,3-4H2,1-2H3,(H,20,24)/b19-12+. The van der Waals surface area contributed by atoms with E-state index in [2.05, 4.69) is 29.3 Å². The summed E-state index contributed by atoms with van der Waals surface area (Å²) >= 11 is 0. The highest BCUT2D eigenvalue weighted by atomic mass is 16.6. The molecular weight excluding hydrogens is 336 g/mol. The van der Waals surface area contributed by atoms with Gasteiger partial charge in [0.1, 0.15) is 5.75 Å². The number of carbonyl (C=O) groups is 1. The van der Waals surface area contributed by atoms with E-state index in [0.29, 0.717) is 0 Å². The zero-order valence-electron chi connectivity index (χ0n) is 14.5. The molecule has 1 amide bonds. The maximum Gasteiger partial charge on any atom is 0.275 e. The number of hydrogen-bond acceptors (Lipinski definition) is 6. The fourth-order valence-electron chi connectivity index (χ4n) is 2.41. The minimum Gasteiger partial charge on any atom is -0.507 e. The number of hydrazone groups is 1. The van der Waals surface area contributed by atoms with Crippen molar-refractivity contribution in [2.75, 3.05) is 18.0 Å². The fraction of sp³-hybridized carbons (Fsp3) is 0.222. The van der Waals surface area contributed by atoms with Crippen molar-refractivity contribution in [1.82, 2.24) is 5.43 Å². The lowest BCUT2D eigenvalue weighted by molar-refractivity contribution is -0.384. The lowest BCUT2D eigenvalue weighted by atomic mass is 10.1. The summed E-state index contributed by atoms with van der Waals surface area (Å²) in [5.74, 6) is -1.09. The van der Waals surface area contributed by atoms with Gasteiger partial charge in [0, 0.05) is 30.9 Å². The first kappa shape index (κ1) is 18.9. The predicted molar refractivity (Wildman–Crippen MR) is 99.8 cm³/mol. The third-order valence-electron chi connectivity index (χ3n) is 3.84. The molecule has 136 valence electrons. The summed E-state index contributed by atoms with van der Waals surface area (Å²) in [5.41, 5.74) is 3.63. The highest BCUT2D eigenvalue weighted by Crippen LogP contribution is 2.22. The van der Waals surface area contributed by atoms with E-state index in [1.807, 2.05) is 24.3 Å². The van der Waals surface area contributed by atoms with Crippen molar-refractivity contribution in [1.29, 1.82) is 0 Å². The summed E-state index contributed by atoms with van der Waals surface area (Å²) in [5, 5.41) is 24.3. The first-order chi connectivity index (χ1) is 12.5. The van der Waals surface area contributed by atoms with Crippen LogP contribution in [0.5, 0.6) is 5.75 Å². The van der Waals surface area contributed by atoms with Crippen molar-refractivity contribution in [2.45, 2.75) is 13.8 Å². The Labute approximate surface area is 150 Å². The summed E-state index contributed by atoms with van der Waals surface area (Å²) in [6.07, 6.45) is 1.46. The monoisotopic (exact) mass is 356 g/mol. The number of anilines is 1. The number of nitro groups is 1. The van der Waals surface area contributed by atoms with E-state index >= 15 is 0 Å². The third-order valence-corrected chi connectivity index (χ3v) is 3.84. The van der Waals surface area contributed by atoms with E-state index in [0.717, 1.165) is 42.5 Å². The zero-order valence-corrected chi connectivity index (χ0v) is 14.5. The number of nitro benzene ring substituents is 1. The van der Waals surface area contributed by atoms with Gasteiger partial charge in [0.25, 0.3) is 11.6 Å². The van der Waals surface area contributed by atoms with Gasteiger partial charge in [-0.05, 0) is 37.6 Å². The van der Waals surface area contributed by atoms with Crippen LogP contribution in [-0.4, -0.2) is 35.2 Å². The van der Waals surface area contributed by atoms with Crippen LogP contribution in [-0.2, 0) is 0 Å². The van der Waals surface area contributed by atoms with Crippen LogP contribution in [0.3, 0.4) is 0 Å². The SMILES string of the molecule is CCN(CC)c1ccc(/C=N/NC(=O)c2cc([N+](=O)[O-])ccc2O)cc1. The van der Waals surface area contributed by atoms with Gasteiger partial charge in [-0.15, -0.1) is 0 Å². The summed E-state index contributed by atoms with van der Waals surface area (Å²) in [6, 6.07) is 10.9. The second-order valence-electron chi connectivity index (χ2n) is 5.42. The molecule has 0 aliphatic heterocycles. The van der Waals surface area contributed by atoms with Crippen molar-refractivity contribution in [3.63, 3.8) is 0 Å². The van der Waals surface area contributed by atoms with Crippen molar-refractivity contribution in [3.05, 3.63) is 63.7 Å². The number of phenolic OH excluding ortho intramolecular Hbond substituents is 1. The molecule has 0 radical (unpaired) electrons. The molecule has 8 nitrogen and oxygen atoms in total. The summed E-state index contributed by atoms with van der Waals surface area (Å²) in [7, 11) is 0. The normalized spacial score (nSPS) is 10.7. The molecular formula is C18H20N4O4. The minimum absolute atomic E-state index is 0.215. The third kappa shape index (κ3) is 4.56. The number of aromatic hydroxyl groups is 1. The first-order valence-electron chi connectivity index (χ1n) is 8.12. The summed E-state index contributed by atoms with van der Waals surface area (Å²) in [4.78, 5) is 24.4. The van der Waals surface area contributed by atoms with Crippen molar-refractivity contribution >= 4 is 23.5 Å². The van der Waals surface area contributed by atoms with Crippen molar-refractivity contribution < 1.29 is 14.8 Å². The fourth-order valence-corrected chi connectivity index (χ4v) is 2.41. The number of non-ortho nitro benzene ring substituents is 1. The van der Waals surface area contributed by atoms with Crippen molar-refractivity contribution in [3.8, 4) is 5.75 Å². The van der Waals surface area contributed by atoms with Crippen LogP contribution in [0.4, 0.5) is 11.4 Å². The molecule has 0 heterocycles. The molecule has 0 bridgehead atoms. The van der Waals surface area contributed by atoms with Gasteiger partial charge in [0.15, 0.2) is 0 Å². The highest BCUT2D eigenvalue weighted by Gasteiger charge is 2.16. The molecule has 0 saturated carbocycles. The van der Waals surface area contributed by atoms with Crippen LogP contribution in [0, 0.1) is 10.1 Å². The molecule has 0 spiro atoms. The summed E-state index contributed by atoms with van der Waals surface area (Å²) in [6.45, 7) is 5.98. The van der Waals surface area contributed by atoms with Crippen molar-refractivity contribution in [2.24, 2.45) is 5.10 Å². The largest absolute Gasteiger partial charge is 0.507 e. The van der Waals surface area contributed by atoms with Crippen LogP contribution in [0.1, 0.15) is 29.8 Å². The Balaban J connectivity index is 2.05. The van der Waals surface area contributed by atoms with Crippen LogP contribution in [0.15, 0.2) is 47.6 Å². The first-order valence-corrected chi connectivity index (χ1v) is 8.12. The Hall–Kier alpha value is -3.42. The van der Waals surface area contributed by atoms with Gasteiger partial charge in [0.05, 0.1) is 16.7 Å². The van der Waals surface area contributed by atoms with E-state index in [9.17, 15) is 20.0 Å². The Bertz CT molecular complexity index is 814. The Morgan fingerprint density at radius 1 is 1.23 bits per heavy atom. The number of hydrogen-bond donors (Lipinski definition) is 2. The molecule has 0 saturated heterocycles. The second kappa shape index (κ2) is 8.61. The lowest BCUT2D eigenvalue weighted by Crippen LogP contribution is -2.21. The predicted octanol–water partition coefficient (Wildman–Crippen LogP) is 2.91. The molecule has 0 unspecified atom stereocenters. The quantitative estimate of drug-likeness (QED) is 0.450. The van der Waals surface area contributed by atoms with Gasteiger partial charge in [-0.25, -0.2) is 5.43 Å². The maximum absolute atomic E-state index is 12.0. The second-order valence-corrected chi connectivity index (χ2v) is 5.42. The zero-order chi connectivity index (χ0) is 19.1. The number of carbonyl (C=O) groups excluding carboxylic acids is 1. The Kier molecular flexibility index (Phi) is 6.26. The molecule has 0 atom stereocenters. The van der Waals surface area contributed by atoms with Gasteiger partial charge in [0.2, 0.25) is 0 Å². The van der Waals surface area contributed by atoms with E-state index < -0.39 is 10.8 Å². The molecule has 0 aliphatic rings. The lowest BCUT2D eigenvalue weighted by Gasteiger charge is -2.20. The molecule has 2 aromatic rings. The number of amides is 1. The van der Waals surface area contributed by atoms with E-state index in [1.54, 1.807) is 0 Å². The Morgan fingerprint density at radius 2 is 1.88 bits per heavy atom. The molecule has 2 N–H and O–H groups in total. The number of benzene rings is 2. The van der Waals surface area contributed by atoms with Gasteiger partial charge >= 0.3 is 0 Å². The molecule has 0 fully saturated rings. The van der Waals surface area contributed by atoms with E-state index in [-0.39, 0.29) is 17.0 Å². The highest BCUT2D eigenvalue weighted by molar-refractivity contribution is 5.98. The number of rotatable bonds is 7. The molecule has 26 heavy (non-hydrogen) atoms. The molecule has 0 aromatic heterocycles. The minimum atomic E-state index is -0.734. The smallest absolute Gasteiger partial charge is 0.275 e. The maximum atomic E-state index is 12.0. The van der Waals surface area contributed by atoms with Crippen LogP contribution < -0.4 is 10.3 Å². The molecule has 2 aromatic carbocycles.